The minimum atomic E-state index is -0.819. The first-order chi connectivity index (χ1) is 7.77. The van der Waals surface area contributed by atoms with Gasteiger partial charge in [-0.3, -0.25) is 0 Å². The van der Waals surface area contributed by atoms with Crippen molar-refractivity contribution < 1.29 is 15.3 Å². The molecule has 17 heavy (non-hydrogen) atoms. The van der Waals surface area contributed by atoms with Gasteiger partial charge < -0.3 is 21.1 Å². The van der Waals surface area contributed by atoms with Crippen molar-refractivity contribution in [2.24, 2.45) is 11.1 Å². The summed E-state index contributed by atoms with van der Waals surface area (Å²) in [5.41, 5.74) is 6.75. The molecule has 0 aliphatic heterocycles. The lowest BCUT2D eigenvalue weighted by Gasteiger charge is -2.31. The lowest BCUT2D eigenvalue weighted by Crippen LogP contribution is -2.40. The minimum Gasteiger partial charge on any atom is -0.508 e. The Morgan fingerprint density at radius 3 is 2.35 bits per heavy atom. The van der Waals surface area contributed by atoms with Gasteiger partial charge in [0.2, 0.25) is 0 Å². The molecule has 0 aliphatic carbocycles. The van der Waals surface area contributed by atoms with E-state index in [1.54, 1.807) is 12.1 Å². The molecular weight excluding hydrogens is 218 g/mol. The summed E-state index contributed by atoms with van der Waals surface area (Å²) in [7, 11) is 0. The topological polar surface area (TPSA) is 86.7 Å². The average Bonchev–Trinajstić information content (AvgIpc) is 2.26. The first-order valence-electron chi connectivity index (χ1n) is 5.63. The van der Waals surface area contributed by atoms with Crippen molar-refractivity contribution in [2.45, 2.75) is 39.5 Å². The van der Waals surface area contributed by atoms with Crippen LogP contribution in [0.15, 0.2) is 18.2 Å². The number of rotatable bonds is 3. The van der Waals surface area contributed by atoms with E-state index in [2.05, 4.69) is 0 Å². The Balaban J connectivity index is 3.00. The molecule has 0 aliphatic rings. The summed E-state index contributed by atoms with van der Waals surface area (Å²) in [6.07, 6.45) is -0.819. The molecule has 1 aromatic rings. The zero-order chi connectivity index (χ0) is 13.2. The zero-order valence-corrected chi connectivity index (χ0v) is 10.5. The number of hydrogen-bond donors (Lipinski definition) is 4. The van der Waals surface area contributed by atoms with Gasteiger partial charge in [0.25, 0.3) is 0 Å². The van der Waals surface area contributed by atoms with Gasteiger partial charge in [0.05, 0.1) is 12.7 Å². The van der Waals surface area contributed by atoms with Crippen molar-refractivity contribution in [2.75, 3.05) is 0 Å². The fourth-order valence-electron chi connectivity index (χ4n) is 1.60. The van der Waals surface area contributed by atoms with Crippen LogP contribution in [0, 0.1) is 5.41 Å². The van der Waals surface area contributed by atoms with Gasteiger partial charge in [0.15, 0.2) is 0 Å². The van der Waals surface area contributed by atoms with E-state index in [-0.39, 0.29) is 17.8 Å². The number of aliphatic hydroxyl groups is 2. The molecule has 0 bridgehead atoms. The molecule has 4 heteroatoms. The van der Waals surface area contributed by atoms with Crippen LogP contribution in [0.3, 0.4) is 0 Å². The maximum atomic E-state index is 10.1. The predicted molar refractivity (Wildman–Crippen MR) is 66.4 cm³/mol. The van der Waals surface area contributed by atoms with Gasteiger partial charge in [-0.2, -0.15) is 0 Å². The summed E-state index contributed by atoms with van der Waals surface area (Å²) < 4.78 is 0. The number of aromatic hydroxyl groups is 1. The van der Waals surface area contributed by atoms with Crippen LogP contribution in [-0.2, 0) is 6.61 Å². The standard InChI is InChI=1S/C13H21NO3/c1-13(2,3)12(14)11(17)8-4-5-10(16)9(6-8)7-15/h4-6,11-12,15-17H,7,14H2,1-3H3. The maximum Gasteiger partial charge on any atom is 0.121 e. The van der Waals surface area contributed by atoms with Gasteiger partial charge in [-0.05, 0) is 23.1 Å². The molecule has 0 heterocycles. The molecule has 1 aromatic carbocycles. The Bertz CT molecular complexity index is 385. The Hall–Kier alpha value is -1.10. The van der Waals surface area contributed by atoms with Crippen molar-refractivity contribution in [3.05, 3.63) is 29.3 Å². The van der Waals surface area contributed by atoms with Gasteiger partial charge in [-0.1, -0.05) is 26.8 Å². The fraction of sp³-hybridized carbons (Fsp3) is 0.538. The van der Waals surface area contributed by atoms with Gasteiger partial charge in [-0.25, -0.2) is 0 Å². The highest BCUT2D eigenvalue weighted by molar-refractivity contribution is 5.37. The van der Waals surface area contributed by atoms with Crippen molar-refractivity contribution >= 4 is 0 Å². The van der Waals surface area contributed by atoms with E-state index in [1.807, 2.05) is 20.8 Å². The van der Waals surface area contributed by atoms with E-state index in [0.29, 0.717) is 11.1 Å². The normalized spacial score (nSPS) is 15.6. The minimum absolute atomic E-state index is 0.0211. The molecule has 2 atom stereocenters. The predicted octanol–water partition coefficient (Wildman–Crippen LogP) is 1.29. The third-order valence-corrected chi connectivity index (χ3v) is 2.96. The third kappa shape index (κ3) is 3.19. The van der Waals surface area contributed by atoms with E-state index in [9.17, 15) is 10.2 Å². The SMILES string of the molecule is CC(C)(C)C(N)C(O)c1ccc(O)c(CO)c1. The van der Waals surface area contributed by atoms with Crippen LogP contribution in [0.5, 0.6) is 5.75 Å². The molecule has 0 radical (unpaired) electrons. The Kier molecular flexibility index (Phi) is 4.14. The molecule has 2 unspecified atom stereocenters. The molecule has 0 saturated carbocycles. The van der Waals surface area contributed by atoms with Crippen LogP contribution in [-0.4, -0.2) is 21.4 Å². The summed E-state index contributed by atoms with van der Waals surface area (Å²) in [5, 5.41) is 28.6. The molecule has 5 N–H and O–H groups in total. The van der Waals surface area contributed by atoms with E-state index < -0.39 is 12.1 Å². The lowest BCUT2D eigenvalue weighted by atomic mass is 9.81. The summed E-state index contributed by atoms with van der Waals surface area (Å²) in [6.45, 7) is 5.59. The number of nitrogens with two attached hydrogens (primary N) is 1. The van der Waals surface area contributed by atoms with Gasteiger partial charge in [0, 0.05) is 11.6 Å². The van der Waals surface area contributed by atoms with Crippen molar-refractivity contribution in [3.63, 3.8) is 0 Å². The van der Waals surface area contributed by atoms with Gasteiger partial charge >= 0.3 is 0 Å². The quantitative estimate of drug-likeness (QED) is 0.640. The molecule has 0 saturated heterocycles. The summed E-state index contributed by atoms with van der Waals surface area (Å²) in [5.74, 6) is 0.0211. The molecule has 0 amide bonds. The van der Waals surface area contributed by atoms with Gasteiger partial charge in [0.1, 0.15) is 5.75 Å². The van der Waals surface area contributed by atoms with E-state index in [0.717, 1.165) is 0 Å². The van der Waals surface area contributed by atoms with Crippen LogP contribution in [0.4, 0.5) is 0 Å². The second kappa shape index (κ2) is 5.04. The first-order valence-corrected chi connectivity index (χ1v) is 5.63. The smallest absolute Gasteiger partial charge is 0.121 e. The number of phenols is 1. The number of benzene rings is 1. The molecule has 96 valence electrons. The Morgan fingerprint density at radius 2 is 1.88 bits per heavy atom. The maximum absolute atomic E-state index is 10.1. The summed E-state index contributed by atoms with van der Waals surface area (Å²) in [6, 6.07) is 4.23. The molecule has 0 spiro atoms. The van der Waals surface area contributed by atoms with Crippen molar-refractivity contribution in [3.8, 4) is 5.75 Å². The van der Waals surface area contributed by atoms with E-state index >= 15 is 0 Å². The van der Waals surface area contributed by atoms with E-state index in [1.165, 1.54) is 6.07 Å². The zero-order valence-electron chi connectivity index (χ0n) is 10.5. The molecule has 0 aromatic heterocycles. The van der Waals surface area contributed by atoms with Crippen molar-refractivity contribution in [1.82, 2.24) is 0 Å². The number of aliphatic hydroxyl groups excluding tert-OH is 2. The van der Waals surface area contributed by atoms with Crippen LogP contribution < -0.4 is 5.73 Å². The second-order valence-electron chi connectivity index (χ2n) is 5.38. The summed E-state index contributed by atoms with van der Waals surface area (Å²) >= 11 is 0. The second-order valence-corrected chi connectivity index (χ2v) is 5.38. The van der Waals surface area contributed by atoms with Crippen molar-refractivity contribution in [1.29, 1.82) is 0 Å². The highest BCUT2D eigenvalue weighted by Gasteiger charge is 2.28. The largest absolute Gasteiger partial charge is 0.508 e. The summed E-state index contributed by atoms with van der Waals surface area (Å²) in [4.78, 5) is 0. The first kappa shape index (κ1) is 14.0. The molecule has 1 rings (SSSR count). The Morgan fingerprint density at radius 1 is 1.29 bits per heavy atom. The molecule has 4 nitrogen and oxygen atoms in total. The number of hydrogen-bond acceptors (Lipinski definition) is 4. The fourth-order valence-corrected chi connectivity index (χ4v) is 1.60. The van der Waals surface area contributed by atoms with Crippen LogP contribution in [0.25, 0.3) is 0 Å². The van der Waals surface area contributed by atoms with Crippen LogP contribution in [0.1, 0.15) is 38.0 Å². The monoisotopic (exact) mass is 239 g/mol. The Labute approximate surface area is 102 Å². The third-order valence-electron chi connectivity index (χ3n) is 2.96. The van der Waals surface area contributed by atoms with E-state index in [4.69, 9.17) is 10.8 Å². The average molecular weight is 239 g/mol. The highest BCUT2D eigenvalue weighted by Crippen LogP contribution is 2.30. The highest BCUT2D eigenvalue weighted by atomic mass is 16.3. The molecule has 0 fully saturated rings. The van der Waals surface area contributed by atoms with Crippen LogP contribution in [0.2, 0.25) is 0 Å². The lowest BCUT2D eigenvalue weighted by molar-refractivity contribution is 0.0924. The molecular formula is C13H21NO3. The van der Waals surface area contributed by atoms with Gasteiger partial charge in [-0.15, -0.1) is 0 Å². The van der Waals surface area contributed by atoms with Crippen LogP contribution >= 0.6 is 0 Å².